The minimum absolute atomic E-state index is 0.444. The molecule has 0 bridgehead atoms. The topological polar surface area (TPSA) is 24.1 Å². The predicted molar refractivity (Wildman–Crippen MR) is 97.0 cm³/mol. The lowest BCUT2D eigenvalue weighted by molar-refractivity contribution is 0.252. The summed E-state index contributed by atoms with van der Waals surface area (Å²) in [6.07, 6.45) is 0. The van der Waals surface area contributed by atoms with Crippen LogP contribution in [0.5, 0.6) is 0 Å². The number of benzene rings is 2. The molecule has 0 aliphatic carbocycles. The van der Waals surface area contributed by atoms with E-state index in [2.05, 4.69) is 26.6 Å². The van der Waals surface area contributed by atoms with Gasteiger partial charge in [-0.1, -0.05) is 27.7 Å². The van der Waals surface area contributed by atoms with Gasteiger partial charge in [-0.25, -0.2) is 0 Å². The van der Waals surface area contributed by atoms with Crippen LogP contribution in [0, 0.1) is 6.92 Å². The smallest absolute Gasteiger partial charge is 0.288 e. The Bertz CT molecular complexity index is 663. The highest BCUT2D eigenvalue weighted by atomic mass is 79.9. The molecule has 116 valence electrons. The second-order valence-electron chi connectivity index (χ2n) is 4.44. The molecule has 0 saturated carbocycles. The molecule has 0 atom stereocenters. The lowest BCUT2D eigenvalue weighted by Crippen LogP contribution is -2.19. The number of anilines is 2. The fourth-order valence-electron chi connectivity index (χ4n) is 1.77. The molecule has 0 aliphatic rings. The molecule has 2 rings (SSSR count). The van der Waals surface area contributed by atoms with Crippen molar-refractivity contribution in [2.75, 3.05) is 10.6 Å². The lowest BCUT2D eigenvalue weighted by atomic mass is 10.2. The van der Waals surface area contributed by atoms with E-state index in [4.69, 9.17) is 12.2 Å². The minimum Gasteiger partial charge on any atom is -0.332 e. The van der Waals surface area contributed by atoms with Crippen molar-refractivity contribution >= 4 is 56.4 Å². The van der Waals surface area contributed by atoms with Gasteiger partial charge < -0.3 is 10.6 Å². The van der Waals surface area contributed by atoms with Crippen LogP contribution in [0.1, 0.15) is 5.56 Å². The maximum atomic E-state index is 12.3. The average molecular weight is 403 g/mol. The van der Waals surface area contributed by atoms with Crippen molar-refractivity contribution in [1.29, 1.82) is 0 Å². The first-order valence-electron chi connectivity index (χ1n) is 6.33. The molecule has 7 heteroatoms. The van der Waals surface area contributed by atoms with E-state index in [0.29, 0.717) is 21.8 Å². The van der Waals surface area contributed by atoms with Gasteiger partial charge in [0.1, 0.15) is 0 Å². The molecule has 0 saturated heterocycles. The van der Waals surface area contributed by atoms with Gasteiger partial charge in [0.05, 0.1) is 0 Å². The fourth-order valence-corrected chi connectivity index (χ4v) is 2.97. The Morgan fingerprint density at radius 3 is 2.41 bits per heavy atom. The van der Waals surface area contributed by atoms with Crippen LogP contribution in [-0.4, -0.2) is 10.9 Å². The van der Waals surface area contributed by atoms with E-state index < -0.39 is 5.76 Å². The zero-order valence-corrected chi connectivity index (χ0v) is 14.8. The number of halogens is 3. The van der Waals surface area contributed by atoms with Crippen molar-refractivity contribution in [3.05, 3.63) is 52.5 Å². The predicted octanol–water partition coefficient (Wildman–Crippen LogP) is 5.88. The number of thioether (sulfide) groups is 1. The van der Waals surface area contributed by atoms with Gasteiger partial charge in [-0.2, -0.15) is 8.78 Å². The van der Waals surface area contributed by atoms with E-state index in [9.17, 15) is 8.78 Å². The molecule has 0 radical (unpaired) electrons. The molecular weight excluding hydrogens is 390 g/mol. The van der Waals surface area contributed by atoms with Crippen molar-refractivity contribution in [2.24, 2.45) is 0 Å². The lowest BCUT2D eigenvalue weighted by Gasteiger charge is -2.13. The molecule has 0 unspecified atom stereocenters. The van der Waals surface area contributed by atoms with Crippen molar-refractivity contribution in [1.82, 2.24) is 0 Å². The van der Waals surface area contributed by atoms with Crippen molar-refractivity contribution < 1.29 is 8.78 Å². The monoisotopic (exact) mass is 402 g/mol. The number of alkyl halides is 2. The molecule has 0 fully saturated rings. The van der Waals surface area contributed by atoms with Crippen molar-refractivity contribution in [3.8, 4) is 0 Å². The van der Waals surface area contributed by atoms with Crippen LogP contribution in [0.3, 0.4) is 0 Å². The highest BCUT2D eigenvalue weighted by molar-refractivity contribution is 9.10. The summed E-state index contributed by atoms with van der Waals surface area (Å²) in [5, 5.41) is 6.58. The summed E-state index contributed by atoms with van der Waals surface area (Å²) in [5.74, 6) is -2.41. The zero-order valence-electron chi connectivity index (χ0n) is 11.6. The van der Waals surface area contributed by atoms with Gasteiger partial charge in [-0.05, 0) is 67.2 Å². The second-order valence-corrected chi connectivity index (χ2v) is 6.83. The third-order valence-corrected chi connectivity index (χ3v) is 4.19. The Balaban J connectivity index is 1.97. The first-order valence-corrected chi connectivity index (χ1v) is 8.41. The molecule has 2 aromatic carbocycles. The van der Waals surface area contributed by atoms with Gasteiger partial charge >= 0.3 is 0 Å². The van der Waals surface area contributed by atoms with E-state index in [1.165, 1.54) is 0 Å². The van der Waals surface area contributed by atoms with Gasteiger partial charge in [0, 0.05) is 20.7 Å². The molecule has 22 heavy (non-hydrogen) atoms. The van der Waals surface area contributed by atoms with E-state index in [1.54, 1.807) is 24.3 Å². The number of aryl methyl sites for hydroxylation is 1. The van der Waals surface area contributed by atoms with E-state index in [0.717, 1.165) is 21.4 Å². The third kappa shape index (κ3) is 5.23. The van der Waals surface area contributed by atoms with Crippen LogP contribution < -0.4 is 10.6 Å². The SMILES string of the molecule is Cc1cc(Br)ccc1NC(=S)Nc1ccc(SC(F)F)cc1. The molecule has 2 N–H and O–H groups in total. The number of hydrogen-bond acceptors (Lipinski definition) is 2. The minimum atomic E-state index is -2.41. The standard InChI is InChI=1S/C15H13BrF2N2S2/c1-9-8-10(16)2-7-13(9)20-15(21)19-11-3-5-12(6-4-11)22-14(17)18/h2-8,14H,1H3,(H2,19,20,21). The van der Waals surface area contributed by atoms with Gasteiger partial charge in [0.15, 0.2) is 5.11 Å². The molecule has 0 spiro atoms. The maximum absolute atomic E-state index is 12.3. The van der Waals surface area contributed by atoms with Crippen LogP contribution >= 0.6 is 39.9 Å². The number of nitrogens with one attached hydrogen (secondary N) is 2. The third-order valence-electron chi connectivity index (χ3n) is 2.77. The number of hydrogen-bond donors (Lipinski definition) is 2. The molecule has 0 amide bonds. The summed E-state index contributed by atoms with van der Waals surface area (Å²) in [7, 11) is 0. The molecule has 2 nitrogen and oxygen atoms in total. The highest BCUT2D eigenvalue weighted by Gasteiger charge is 2.06. The highest BCUT2D eigenvalue weighted by Crippen LogP contribution is 2.26. The van der Waals surface area contributed by atoms with Gasteiger partial charge in [0.25, 0.3) is 5.76 Å². The van der Waals surface area contributed by atoms with Crippen LogP contribution in [0.4, 0.5) is 20.2 Å². The van der Waals surface area contributed by atoms with E-state index in [1.807, 2.05) is 25.1 Å². The van der Waals surface area contributed by atoms with Crippen LogP contribution in [0.15, 0.2) is 51.8 Å². The summed E-state index contributed by atoms with van der Waals surface area (Å²) in [5.41, 5.74) is 2.71. The summed E-state index contributed by atoms with van der Waals surface area (Å²) in [6.45, 7) is 1.98. The molecule has 0 aliphatic heterocycles. The Labute approximate surface area is 145 Å². The van der Waals surface area contributed by atoms with E-state index >= 15 is 0 Å². The number of thiocarbonyl (C=S) groups is 1. The molecule has 0 heterocycles. The Morgan fingerprint density at radius 1 is 1.14 bits per heavy atom. The molecular formula is C15H13BrF2N2S2. The Kier molecular flexibility index (Phi) is 6.16. The first-order chi connectivity index (χ1) is 10.4. The van der Waals surface area contributed by atoms with Crippen molar-refractivity contribution in [2.45, 2.75) is 17.6 Å². The van der Waals surface area contributed by atoms with Gasteiger partial charge in [0.2, 0.25) is 0 Å². The van der Waals surface area contributed by atoms with Crippen LogP contribution in [0.25, 0.3) is 0 Å². The van der Waals surface area contributed by atoms with Crippen molar-refractivity contribution in [3.63, 3.8) is 0 Å². The van der Waals surface area contributed by atoms with Crippen LogP contribution in [0.2, 0.25) is 0 Å². The molecule has 2 aromatic rings. The summed E-state index contributed by atoms with van der Waals surface area (Å²) >= 11 is 9.18. The Morgan fingerprint density at radius 2 is 1.82 bits per heavy atom. The number of rotatable bonds is 4. The summed E-state index contributed by atoms with van der Waals surface area (Å²) in [4.78, 5) is 0.517. The average Bonchev–Trinajstić information content (AvgIpc) is 2.43. The van der Waals surface area contributed by atoms with E-state index in [-0.39, 0.29) is 0 Å². The van der Waals surface area contributed by atoms with Gasteiger partial charge in [-0.3, -0.25) is 0 Å². The fraction of sp³-hybridized carbons (Fsp3) is 0.133. The van der Waals surface area contributed by atoms with Gasteiger partial charge in [-0.15, -0.1) is 0 Å². The summed E-state index contributed by atoms with van der Waals surface area (Å²) in [6, 6.07) is 12.5. The first kappa shape index (κ1) is 17.2. The summed E-state index contributed by atoms with van der Waals surface area (Å²) < 4.78 is 25.5. The molecule has 0 aromatic heterocycles. The zero-order chi connectivity index (χ0) is 16.1. The normalized spacial score (nSPS) is 10.6. The Hall–Kier alpha value is -1.18. The second kappa shape index (κ2) is 7.89. The largest absolute Gasteiger partial charge is 0.332 e. The maximum Gasteiger partial charge on any atom is 0.288 e. The quantitative estimate of drug-likeness (QED) is 0.492. The van der Waals surface area contributed by atoms with Crippen LogP contribution in [-0.2, 0) is 0 Å².